The van der Waals surface area contributed by atoms with Crippen LogP contribution < -0.4 is 24.6 Å². The Kier molecular flexibility index (Phi) is 8.46. The van der Waals surface area contributed by atoms with Gasteiger partial charge in [0.1, 0.15) is 16.7 Å². The molecule has 2 aliphatic rings. The highest BCUT2D eigenvalue weighted by atomic mass is 32.2. The monoisotopic (exact) mass is 645 g/mol. The van der Waals surface area contributed by atoms with E-state index in [1.54, 1.807) is 79.7 Å². The number of carbonyl (C=O) groups excluding carboxylic acids is 4. The van der Waals surface area contributed by atoms with Gasteiger partial charge >= 0.3 is 10.8 Å². The smallest absolute Gasteiger partial charge is 0.338 e. The first-order valence-electron chi connectivity index (χ1n) is 14.0. The fourth-order valence-electron chi connectivity index (χ4n) is 5.45. The fraction of sp³-hybridized carbons (Fsp3) is 0.219. The Morgan fingerprint density at radius 1 is 0.956 bits per heavy atom. The van der Waals surface area contributed by atoms with E-state index in [0.717, 1.165) is 11.3 Å². The molecular weight excluding hydrogens is 618 g/mol. The van der Waals surface area contributed by atoms with E-state index in [4.69, 9.17) is 14.2 Å². The zero-order valence-corrected chi connectivity index (χ0v) is 25.7. The van der Waals surface area contributed by atoms with Crippen LogP contribution in [0.25, 0.3) is 0 Å². The molecule has 1 fully saturated rings. The number of H-pyrrole nitrogens is 1. The number of carbonyl (C=O) groups is 4. The number of rotatable bonds is 9. The van der Waals surface area contributed by atoms with Gasteiger partial charge in [0.2, 0.25) is 11.8 Å². The molecule has 2 N–H and O–H groups in total. The van der Waals surface area contributed by atoms with Crippen molar-refractivity contribution in [2.75, 3.05) is 30.5 Å². The molecule has 0 bridgehead atoms. The van der Waals surface area contributed by atoms with Gasteiger partial charge in [0.15, 0.2) is 6.61 Å². The highest BCUT2D eigenvalue weighted by Crippen LogP contribution is 2.54. The summed E-state index contributed by atoms with van der Waals surface area (Å²) in [5.74, 6) is -2.24. The van der Waals surface area contributed by atoms with Gasteiger partial charge in [-0.3, -0.25) is 19.2 Å². The zero-order valence-electron chi connectivity index (χ0n) is 24.1. The first-order chi connectivity index (χ1) is 21.8. The molecular formula is C32H27N3O8S2. The van der Waals surface area contributed by atoms with Crippen LogP contribution in [-0.4, -0.2) is 54.2 Å². The van der Waals surface area contributed by atoms with Crippen LogP contribution >= 0.6 is 23.1 Å². The van der Waals surface area contributed by atoms with E-state index in [1.807, 2.05) is 0 Å². The summed E-state index contributed by atoms with van der Waals surface area (Å²) in [7, 11) is 1.53. The number of nitrogens with zero attached hydrogens (tertiary/aromatic N) is 1. The number of amides is 3. The van der Waals surface area contributed by atoms with Crippen LogP contribution in [0.2, 0.25) is 0 Å². The maximum atomic E-state index is 14.0. The number of aromatic nitrogens is 1. The summed E-state index contributed by atoms with van der Waals surface area (Å²) in [5.41, 5.74) is 1.83. The molecule has 0 saturated carbocycles. The van der Waals surface area contributed by atoms with Crippen LogP contribution in [0.3, 0.4) is 0 Å². The molecule has 3 heterocycles. The van der Waals surface area contributed by atoms with Gasteiger partial charge in [0.05, 0.1) is 35.9 Å². The highest BCUT2D eigenvalue weighted by Gasteiger charge is 2.56. The number of nitrogens with one attached hydrogen (secondary N) is 2. The Hall–Kier alpha value is -4.88. The number of benzene rings is 3. The van der Waals surface area contributed by atoms with Gasteiger partial charge in [-0.05, 0) is 61.5 Å². The summed E-state index contributed by atoms with van der Waals surface area (Å²) in [4.78, 5) is 69.3. The summed E-state index contributed by atoms with van der Waals surface area (Å²) in [6, 6.07) is 19.9. The van der Waals surface area contributed by atoms with Crippen LogP contribution in [0.5, 0.6) is 11.5 Å². The van der Waals surface area contributed by atoms with Crippen LogP contribution in [-0.2, 0) is 19.1 Å². The van der Waals surface area contributed by atoms with Gasteiger partial charge in [-0.25, -0.2) is 9.69 Å². The third-order valence-corrected chi connectivity index (χ3v) is 9.85. The van der Waals surface area contributed by atoms with Crippen LogP contribution in [0, 0.1) is 5.92 Å². The number of aromatic amines is 1. The van der Waals surface area contributed by atoms with Gasteiger partial charge in [-0.2, -0.15) is 0 Å². The fourth-order valence-corrected chi connectivity index (χ4v) is 7.96. The SMILES string of the molecule is CCOC(=O)c1ccc(NC(=O)COc2ccccc2[C@H]2c3sc(=O)[nH]c3SC3C(=O)N(c4ccc(OC)cc4)C(=O)C32)cc1. The number of anilines is 2. The summed E-state index contributed by atoms with van der Waals surface area (Å²) in [5, 5.41) is 2.49. The van der Waals surface area contributed by atoms with Crippen LogP contribution in [0.4, 0.5) is 11.4 Å². The minimum atomic E-state index is -0.819. The van der Waals surface area contributed by atoms with E-state index in [9.17, 15) is 24.0 Å². The van der Waals surface area contributed by atoms with Crippen LogP contribution in [0.15, 0.2) is 82.6 Å². The normalized spacial score (nSPS) is 18.6. The lowest BCUT2D eigenvalue weighted by atomic mass is 9.82. The topological polar surface area (TPSA) is 144 Å². The van der Waals surface area contributed by atoms with Crippen molar-refractivity contribution in [3.63, 3.8) is 0 Å². The molecule has 13 heteroatoms. The number of hydrogen-bond donors (Lipinski definition) is 2. The van der Waals surface area contributed by atoms with E-state index >= 15 is 0 Å². The van der Waals surface area contributed by atoms with Crippen molar-refractivity contribution < 1.29 is 33.4 Å². The van der Waals surface area contributed by atoms with E-state index in [-0.39, 0.29) is 24.0 Å². The number of thioether (sulfide) groups is 1. The zero-order chi connectivity index (χ0) is 31.7. The molecule has 2 unspecified atom stereocenters. The Bertz CT molecular complexity index is 1830. The number of ether oxygens (including phenoxy) is 3. The first-order valence-corrected chi connectivity index (χ1v) is 15.7. The molecule has 3 aromatic carbocycles. The summed E-state index contributed by atoms with van der Waals surface area (Å²) < 4.78 is 16.2. The number of imide groups is 1. The Morgan fingerprint density at radius 3 is 2.40 bits per heavy atom. The summed E-state index contributed by atoms with van der Waals surface area (Å²) in [6.45, 7) is 1.62. The first kappa shape index (κ1) is 30.2. The maximum Gasteiger partial charge on any atom is 0.338 e. The molecule has 1 saturated heterocycles. The second-order valence-electron chi connectivity index (χ2n) is 10.1. The van der Waals surface area contributed by atoms with E-state index in [1.165, 1.54) is 23.8 Å². The number of thiazole rings is 1. The number of methoxy groups -OCH3 is 1. The molecule has 0 radical (unpaired) electrons. The predicted octanol–water partition coefficient (Wildman–Crippen LogP) is 4.44. The molecule has 3 atom stereocenters. The van der Waals surface area contributed by atoms with Gasteiger partial charge < -0.3 is 24.5 Å². The number of para-hydroxylation sites is 1. The summed E-state index contributed by atoms with van der Waals surface area (Å²) >= 11 is 2.17. The average molecular weight is 646 g/mol. The maximum absolute atomic E-state index is 14.0. The largest absolute Gasteiger partial charge is 0.497 e. The van der Waals surface area contributed by atoms with Crippen molar-refractivity contribution in [2.24, 2.45) is 5.92 Å². The Labute approximate surface area is 265 Å². The molecule has 4 aromatic rings. The van der Waals surface area contributed by atoms with E-state index in [2.05, 4.69) is 10.3 Å². The lowest BCUT2D eigenvalue weighted by Gasteiger charge is -2.30. The lowest BCUT2D eigenvalue weighted by Crippen LogP contribution is -2.32. The second-order valence-corrected chi connectivity index (χ2v) is 12.3. The van der Waals surface area contributed by atoms with E-state index in [0.29, 0.717) is 43.9 Å². The van der Waals surface area contributed by atoms with E-state index < -0.39 is 34.9 Å². The molecule has 45 heavy (non-hydrogen) atoms. The minimum absolute atomic E-state index is 0.257. The molecule has 6 rings (SSSR count). The van der Waals surface area contributed by atoms with Gasteiger partial charge in [-0.15, -0.1) is 0 Å². The summed E-state index contributed by atoms with van der Waals surface area (Å²) in [6.07, 6.45) is 0. The number of hydrogen-bond acceptors (Lipinski definition) is 10. The second kappa shape index (κ2) is 12.6. The highest BCUT2D eigenvalue weighted by molar-refractivity contribution is 8.00. The standard InChI is InChI=1S/C32H27N3O8S2/c1-3-42-31(39)17-8-10-18(11-9-17)33-23(36)16-43-22-7-5-4-6-21(22)24-25-27(44-28-26(24)45-32(40)34-28)30(38)35(29(25)37)19-12-14-20(41-2)15-13-19/h4-15,24-25,27H,3,16H2,1-2H3,(H,33,36)(H,34,40)/t24-,25?,27?/m1/s1. The van der Waals surface area contributed by atoms with Crippen LogP contribution in [0.1, 0.15) is 33.6 Å². The molecule has 3 amide bonds. The predicted molar refractivity (Wildman–Crippen MR) is 168 cm³/mol. The van der Waals surface area contributed by atoms with Gasteiger partial charge in [-0.1, -0.05) is 41.3 Å². The Morgan fingerprint density at radius 2 is 1.69 bits per heavy atom. The van der Waals surface area contributed by atoms with Crippen molar-refractivity contribution in [1.29, 1.82) is 0 Å². The van der Waals surface area contributed by atoms with Crippen molar-refractivity contribution in [3.8, 4) is 11.5 Å². The van der Waals surface area contributed by atoms with Gasteiger partial charge in [0.25, 0.3) is 5.91 Å². The number of esters is 1. The minimum Gasteiger partial charge on any atom is -0.497 e. The van der Waals surface area contributed by atoms with Crippen molar-refractivity contribution in [1.82, 2.24) is 4.98 Å². The van der Waals surface area contributed by atoms with Crippen molar-refractivity contribution >= 4 is 58.2 Å². The average Bonchev–Trinajstić information content (AvgIpc) is 3.54. The lowest BCUT2D eigenvalue weighted by molar-refractivity contribution is -0.122. The number of fused-ring (bicyclic) bond motifs is 2. The quantitative estimate of drug-likeness (QED) is 0.200. The molecule has 0 aliphatic carbocycles. The molecule has 1 aromatic heterocycles. The molecule has 11 nitrogen and oxygen atoms in total. The van der Waals surface area contributed by atoms with Crippen molar-refractivity contribution in [3.05, 3.63) is 98.5 Å². The third-order valence-electron chi connectivity index (χ3n) is 7.45. The molecule has 230 valence electrons. The Balaban J connectivity index is 1.26. The third kappa shape index (κ3) is 5.83. The molecule has 2 aliphatic heterocycles. The molecule has 0 spiro atoms. The van der Waals surface area contributed by atoms with Gasteiger partial charge in [0, 0.05) is 22.0 Å². The van der Waals surface area contributed by atoms with Crippen molar-refractivity contribution in [2.45, 2.75) is 23.1 Å².